The third-order valence-electron chi connectivity index (χ3n) is 2.73. The van der Waals surface area contributed by atoms with Crippen LogP contribution in [0.3, 0.4) is 0 Å². The number of rotatable bonds is 4. The maximum atomic E-state index is 11.6. The zero-order chi connectivity index (χ0) is 18.6. The number of aromatic hydroxyl groups is 1. The number of nitrogens with zero attached hydrogens (tertiary/aromatic N) is 3. The summed E-state index contributed by atoms with van der Waals surface area (Å²) < 4.78 is 4.55. The molecule has 2 rings (SSSR count). The fourth-order valence-electron chi connectivity index (χ4n) is 1.59. The van der Waals surface area contributed by atoms with Crippen molar-refractivity contribution in [3.8, 4) is 5.75 Å². The number of thioether (sulfide) groups is 1. The van der Waals surface area contributed by atoms with Gasteiger partial charge in [-0.1, -0.05) is 0 Å². The zero-order valence-electron chi connectivity index (χ0n) is 12.4. The molecule has 1 aliphatic rings. The highest BCUT2D eigenvalue weighted by atomic mass is 79.9. The first-order chi connectivity index (χ1) is 11.8. The molecule has 0 saturated carbocycles. The molecule has 25 heavy (non-hydrogen) atoms. The predicted molar refractivity (Wildman–Crippen MR) is 93.3 cm³/mol. The first-order valence-electron chi connectivity index (χ1n) is 6.38. The number of non-ortho nitro benzene ring substituents is 1. The van der Waals surface area contributed by atoms with Crippen LogP contribution in [-0.2, 0) is 14.3 Å². The molecule has 2 N–H and O–H groups in total. The van der Waals surface area contributed by atoms with Gasteiger partial charge in [-0.05, 0) is 27.7 Å². The van der Waals surface area contributed by atoms with Gasteiger partial charge in [-0.15, -0.1) is 5.10 Å². The van der Waals surface area contributed by atoms with Crippen LogP contribution < -0.4 is 5.32 Å². The normalized spacial score (nSPS) is 17.3. The molecule has 0 bridgehead atoms. The molecule has 0 aromatic heterocycles. The fourth-order valence-corrected chi connectivity index (χ4v) is 2.80. The molecule has 1 aromatic rings. The van der Waals surface area contributed by atoms with E-state index in [0.29, 0.717) is 0 Å². The van der Waals surface area contributed by atoms with Crippen LogP contribution in [0.2, 0.25) is 0 Å². The number of nitrogens with one attached hydrogen (secondary N) is 1. The summed E-state index contributed by atoms with van der Waals surface area (Å²) in [4.78, 5) is 33.0. The van der Waals surface area contributed by atoms with Crippen LogP contribution >= 0.6 is 27.7 Å². The summed E-state index contributed by atoms with van der Waals surface area (Å²) in [6, 6.07) is 2.27. The Bertz CT molecular complexity index is 851. The number of esters is 1. The third-order valence-corrected chi connectivity index (χ3v) is 4.24. The van der Waals surface area contributed by atoms with Gasteiger partial charge in [0.25, 0.3) is 11.6 Å². The number of nitro benzene ring substituents is 1. The molecule has 0 unspecified atom stereocenters. The van der Waals surface area contributed by atoms with Crippen molar-refractivity contribution in [1.29, 1.82) is 0 Å². The maximum Gasteiger partial charge on any atom is 0.331 e. The van der Waals surface area contributed by atoms with Crippen molar-refractivity contribution in [2.75, 3.05) is 7.11 Å². The van der Waals surface area contributed by atoms with Gasteiger partial charge in [-0.2, -0.15) is 5.10 Å². The molecule has 1 aliphatic heterocycles. The number of amidine groups is 1. The van der Waals surface area contributed by atoms with Gasteiger partial charge in [0.2, 0.25) is 0 Å². The number of carbonyl (C=O) groups is 2. The van der Waals surface area contributed by atoms with E-state index in [2.05, 4.69) is 36.2 Å². The molecular formula is C13H9BrN4O6S. The number of phenolic OH excluding ortho intramolecular Hbond substituents is 1. The van der Waals surface area contributed by atoms with Crippen molar-refractivity contribution in [1.82, 2.24) is 5.32 Å². The number of benzene rings is 1. The zero-order valence-corrected chi connectivity index (χ0v) is 14.8. The van der Waals surface area contributed by atoms with Crippen LogP contribution in [0.5, 0.6) is 5.75 Å². The summed E-state index contributed by atoms with van der Waals surface area (Å²) in [6.45, 7) is 0. The Hall–Kier alpha value is -2.73. The van der Waals surface area contributed by atoms with Crippen LogP contribution in [0.4, 0.5) is 5.69 Å². The minimum atomic E-state index is -0.686. The monoisotopic (exact) mass is 428 g/mol. The number of carbonyl (C=O) groups excluding carboxylic acids is 2. The Balaban J connectivity index is 2.20. The molecular weight excluding hydrogens is 420 g/mol. The molecule has 130 valence electrons. The largest absolute Gasteiger partial charge is 0.506 e. The molecule has 12 heteroatoms. The summed E-state index contributed by atoms with van der Waals surface area (Å²) in [6.07, 6.45) is 2.10. The van der Waals surface area contributed by atoms with Crippen LogP contribution in [0.25, 0.3) is 0 Å². The quantitative estimate of drug-likeness (QED) is 0.244. The Labute approximate surface area is 152 Å². The lowest BCUT2D eigenvalue weighted by Gasteiger charge is -2.01. The number of amides is 1. The van der Waals surface area contributed by atoms with Crippen molar-refractivity contribution < 1.29 is 24.4 Å². The summed E-state index contributed by atoms with van der Waals surface area (Å²) in [5.74, 6) is -1.47. The molecule has 0 radical (unpaired) electrons. The van der Waals surface area contributed by atoms with Gasteiger partial charge in [-0.25, -0.2) is 4.79 Å². The highest BCUT2D eigenvalue weighted by Crippen LogP contribution is 2.31. The third kappa shape index (κ3) is 4.64. The standard InChI is InChI=1S/C13H9BrN4O6S/c1-24-10(19)4-9-12(21)16-13(25-9)17-15-5-6-2-7(18(22)23)3-8(14)11(6)20/h2-5,20H,1H3,(H,16,17,21)/b9-4+,15-5?. The van der Waals surface area contributed by atoms with E-state index >= 15 is 0 Å². The Morgan fingerprint density at radius 3 is 2.88 bits per heavy atom. The Morgan fingerprint density at radius 1 is 1.52 bits per heavy atom. The number of hydrogen-bond acceptors (Lipinski definition) is 9. The second kappa shape index (κ2) is 7.90. The number of nitro groups is 1. The second-order valence-corrected chi connectivity index (χ2v) is 6.25. The van der Waals surface area contributed by atoms with Gasteiger partial charge in [0.15, 0.2) is 5.17 Å². The van der Waals surface area contributed by atoms with Gasteiger partial charge in [0, 0.05) is 23.8 Å². The van der Waals surface area contributed by atoms with Crippen LogP contribution in [0.1, 0.15) is 5.56 Å². The van der Waals surface area contributed by atoms with E-state index in [1.54, 1.807) is 0 Å². The van der Waals surface area contributed by atoms with Crippen molar-refractivity contribution in [2.24, 2.45) is 10.2 Å². The molecule has 0 atom stereocenters. The highest BCUT2D eigenvalue weighted by Gasteiger charge is 2.25. The van der Waals surface area contributed by atoms with E-state index in [0.717, 1.165) is 36.2 Å². The number of halogens is 1. The van der Waals surface area contributed by atoms with Crippen molar-refractivity contribution in [3.05, 3.63) is 43.3 Å². The molecule has 1 saturated heterocycles. The van der Waals surface area contributed by atoms with Crippen molar-refractivity contribution >= 4 is 56.6 Å². The van der Waals surface area contributed by atoms with E-state index in [1.165, 1.54) is 7.11 Å². The lowest BCUT2D eigenvalue weighted by molar-refractivity contribution is -0.385. The van der Waals surface area contributed by atoms with Crippen molar-refractivity contribution in [2.45, 2.75) is 0 Å². The number of ether oxygens (including phenoxy) is 1. The van der Waals surface area contributed by atoms with Gasteiger partial charge in [0.1, 0.15) is 5.75 Å². The lowest BCUT2D eigenvalue weighted by atomic mass is 10.2. The average Bonchev–Trinajstić information content (AvgIpc) is 2.90. The molecule has 0 spiro atoms. The summed E-state index contributed by atoms with van der Waals surface area (Å²) in [7, 11) is 1.18. The molecule has 1 amide bonds. The summed E-state index contributed by atoms with van der Waals surface area (Å²) in [5, 5.41) is 30.6. The SMILES string of the molecule is COC(=O)/C=C1/S/C(=N\N=Cc2cc([N+](=O)[O-])cc(Br)c2O)NC1=O. The smallest absolute Gasteiger partial charge is 0.331 e. The van der Waals surface area contributed by atoms with Crippen LogP contribution in [0, 0.1) is 10.1 Å². The van der Waals surface area contributed by atoms with Gasteiger partial charge in [-0.3, -0.25) is 20.2 Å². The second-order valence-electron chi connectivity index (χ2n) is 4.36. The van der Waals surface area contributed by atoms with Crippen LogP contribution in [0.15, 0.2) is 37.8 Å². The Morgan fingerprint density at radius 2 is 2.24 bits per heavy atom. The number of methoxy groups -OCH3 is 1. The maximum absolute atomic E-state index is 11.6. The van der Waals surface area contributed by atoms with E-state index in [9.17, 15) is 24.8 Å². The summed E-state index contributed by atoms with van der Waals surface area (Å²) >= 11 is 3.87. The van der Waals surface area contributed by atoms with E-state index < -0.39 is 16.8 Å². The average molecular weight is 429 g/mol. The number of phenols is 1. The topological polar surface area (TPSA) is 143 Å². The lowest BCUT2D eigenvalue weighted by Crippen LogP contribution is -2.19. The predicted octanol–water partition coefficient (Wildman–Crippen LogP) is 1.67. The molecule has 1 aromatic carbocycles. The minimum Gasteiger partial charge on any atom is -0.506 e. The molecule has 1 fully saturated rings. The first kappa shape index (κ1) is 18.6. The fraction of sp³-hybridized carbons (Fsp3) is 0.0769. The van der Waals surface area contributed by atoms with Crippen molar-refractivity contribution in [3.63, 3.8) is 0 Å². The number of hydrogen-bond donors (Lipinski definition) is 2. The van der Waals surface area contributed by atoms with E-state index in [1.807, 2.05) is 0 Å². The highest BCUT2D eigenvalue weighted by molar-refractivity contribution is 9.10. The van der Waals surface area contributed by atoms with Gasteiger partial charge < -0.3 is 9.84 Å². The van der Waals surface area contributed by atoms with Gasteiger partial charge >= 0.3 is 5.97 Å². The van der Waals surface area contributed by atoms with Gasteiger partial charge in [0.05, 0.1) is 27.6 Å². The molecule has 1 heterocycles. The summed E-state index contributed by atoms with van der Waals surface area (Å²) in [5.41, 5.74) is -0.185. The minimum absolute atomic E-state index is 0.0603. The Kier molecular flexibility index (Phi) is 5.88. The van der Waals surface area contributed by atoms with E-state index in [-0.39, 0.29) is 31.5 Å². The first-order valence-corrected chi connectivity index (χ1v) is 7.99. The molecule has 10 nitrogen and oxygen atoms in total. The van der Waals surface area contributed by atoms with Crippen LogP contribution in [-0.4, -0.2) is 40.4 Å². The molecule has 0 aliphatic carbocycles. The van der Waals surface area contributed by atoms with E-state index in [4.69, 9.17) is 0 Å².